The molecule has 3 rings (SSSR count). The summed E-state index contributed by atoms with van der Waals surface area (Å²) in [5, 5.41) is 4.56. The first-order valence-electron chi connectivity index (χ1n) is 10.9. The summed E-state index contributed by atoms with van der Waals surface area (Å²) in [7, 11) is 1.61. The Hall–Kier alpha value is -2.81. The summed E-state index contributed by atoms with van der Waals surface area (Å²) in [6.45, 7) is 7.20. The molecule has 1 saturated heterocycles. The second-order valence-electron chi connectivity index (χ2n) is 7.45. The van der Waals surface area contributed by atoms with Gasteiger partial charge in [0.1, 0.15) is 17.3 Å². The van der Waals surface area contributed by atoms with Crippen molar-refractivity contribution in [1.29, 1.82) is 0 Å². The topological polar surface area (TPSA) is 87.8 Å². The van der Waals surface area contributed by atoms with Gasteiger partial charge in [-0.25, -0.2) is 9.48 Å². The van der Waals surface area contributed by atoms with Crippen molar-refractivity contribution >= 4 is 5.91 Å². The van der Waals surface area contributed by atoms with E-state index >= 15 is 0 Å². The highest BCUT2D eigenvalue weighted by Crippen LogP contribution is 2.26. The molecule has 9 nitrogen and oxygen atoms in total. The fourth-order valence-corrected chi connectivity index (χ4v) is 3.80. The Bertz CT molecular complexity index is 898. The zero-order valence-corrected chi connectivity index (χ0v) is 18.6. The lowest BCUT2D eigenvalue weighted by Crippen LogP contribution is -2.41. The maximum Gasteiger partial charge on any atom is 0.345 e. The number of benzene rings is 1. The first-order chi connectivity index (χ1) is 15.1. The largest absolute Gasteiger partial charge is 0.494 e. The van der Waals surface area contributed by atoms with Crippen molar-refractivity contribution in [2.45, 2.75) is 45.7 Å². The molecule has 0 unspecified atom stereocenters. The Labute approximate surface area is 182 Å². The Kier molecular flexibility index (Phi) is 8.11. The standard InChI is InChI=1S/C22H32N4O5/c1-4-25-21(23-26(22(25)28)14-15-29-3)17-10-12-24(13-11-17)20(27)16-31-19-8-6-18(7-9-19)30-5-2/h6-9,17H,4-5,10-16H2,1-3H3. The molecule has 31 heavy (non-hydrogen) atoms. The van der Waals surface area contributed by atoms with Gasteiger partial charge >= 0.3 is 5.69 Å². The van der Waals surface area contributed by atoms with Crippen molar-refractivity contribution < 1.29 is 19.0 Å². The predicted molar refractivity (Wildman–Crippen MR) is 116 cm³/mol. The van der Waals surface area contributed by atoms with Crippen LogP contribution in [0.25, 0.3) is 0 Å². The van der Waals surface area contributed by atoms with E-state index in [2.05, 4.69) is 5.10 Å². The minimum Gasteiger partial charge on any atom is -0.494 e. The van der Waals surface area contributed by atoms with Crippen LogP contribution in [-0.2, 0) is 22.6 Å². The number of hydrogen-bond donors (Lipinski definition) is 0. The third kappa shape index (κ3) is 5.66. The van der Waals surface area contributed by atoms with Crippen LogP contribution in [0.3, 0.4) is 0 Å². The van der Waals surface area contributed by atoms with Gasteiger partial charge in [-0.05, 0) is 51.0 Å². The third-order valence-corrected chi connectivity index (χ3v) is 5.48. The predicted octanol–water partition coefficient (Wildman–Crippen LogP) is 1.89. The van der Waals surface area contributed by atoms with Crippen LogP contribution in [-0.4, -0.2) is 65.2 Å². The molecule has 9 heteroatoms. The van der Waals surface area contributed by atoms with Crippen LogP contribution in [0.15, 0.2) is 29.1 Å². The molecule has 170 valence electrons. The van der Waals surface area contributed by atoms with Crippen LogP contribution >= 0.6 is 0 Å². The zero-order chi connectivity index (χ0) is 22.2. The third-order valence-electron chi connectivity index (χ3n) is 5.48. The molecule has 1 aromatic carbocycles. The first-order valence-corrected chi connectivity index (χ1v) is 10.9. The molecular formula is C22H32N4O5. The van der Waals surface area contributed by atoms with Crippen molar-refractivity contribution in [3.8, 4) is 11.5 Å². The summed E-state index contributed by atoms with van der Waals surface area (Å²) in [5.41, 5.74) is -0.100. The lowest BCUT2D eigenvalue weighted by molar-refractivity contribution is -0.134. The van der Waals surface area contributed by atoms with Crippen LogP contribution in [0, 0.1) is 0 Å². The molecule has 1 aromatic heterocycles. The van der Waals surface area contributed by atoms with E-state index < -0.39 is 0 Å². The van der Waals surface area contributed by atoms with Gasteiger partial charge in [-0.1, -0.05) is 0 Å². The highest BCUT2D eigenvalue weighted by molar-refractivity contribution is 5.77. The second kappa shape index (κ2) is 11.0. The summed E-state index contributed by atoms with van der Waals surface area (Å²) in [4.78, 5) is 26.9. The smallest absolute Gasteiger partial charge is 0.345 e. The van der Waals surface area contributed by atoms with Crippen LogP contribution in [0.5, 0.6) is 11.5 Å². The fraction of sp³-hybridized carbons (Fsp3) is 0.591. The van der Waals surface area contributed by atoms with E-state index in [9.17, 15) is 9.59 Å². The first kappa shape index (κ1) is 22.9. The average molecular weight is 433 g/mol. The Morgan fingerprint density at radius 2 is 1.74 bits per heavy atom. The number of carbonyl (C=O) groups excluding carboxylic acids is 1. The molecule has 0 bridgehead atoms. The van der Waals surface area contributed by atoms with Gasteiger partial charge in [0.05, 0.1) is 19.8 Å². The number of ether oxygens (including phenoxy) is 3. The molecule has 2 aromatic rings. The molecule has 0 saturated carbocycles. The van der Waals surface area contributed by atoms with Crippen molar-refractivity contribution in [3.05, 3.63) is 40.6 Å². The fourth-order valence-electron chi connectivity index (χ4n) is 3.80. The number of rotatable bonds is 10. The van der Waals surface area contributed by atoms with Gasteiger partial charge in [-0.15, -0.1) is 0 Å². The molecule has 0 radical (unpaired) electrons. The molecule has 0 N–H and O–H groups in total. The van der Waals surface area contributed by atoms with Crippen LogP contribution in [0.2, 0.25) is 0 Å². The summed E-state index contributed by atoms with van der Waals surface area (Å²) in [6.07, 6.45) is 1.55. The number of carbonyl (C=O) groups is 1. The maximum absolute atomic E-state index is 12.6. The minimum absolute atomic E-state index is 0.00393. The van der Waals surface area contributed by atoms with Gasteiger partial charge < -0.3 is 19.1 Å². The summed E-state index contributed by atoms with van der Waals surface area (Å²) in [5.74, 6) is 2.35. The van der Waals surface area contributed by atoms with E-state index in [1.807, 2.05) is 30.9 Å². The lowest BCUT2D eigenvalue weighted by atomic mass is 9.96. The highest BCUT2D eigenvalue weighted by atomic mass is 16.5. The van der Waals surface area contributed by atoms with E-state index in [4.69, 9.17) is 14.2 Å². The van der Waals surface area contributed by atoms with Crippen molar-refractivity contribution in [2.75, 3.05) is 40.0 Å². The molecule has 1 aliphatic heterocycles. The number of aromatic nitrogens is 3. The second-order valence-corrected chi connectivity index (χ2v) is 7.45. The number of amides is 1. The lowest BCUT2D eigenvalue weighted by Gasteiger charge is -2.31. The molecule has 1 fully saturated rings. The van der Waals surface area contributed by atoms with Gasteiger partial charge in [-0.2, -0.15) is 5.10 Å². The van der Waals surface area contributed by atoms with Crippen molar-refractivity contribution in [1.82, 2.24) is 19.2 Å². The molecule has 0 spiro atoms. The van der Waals surface area contributed by atoms with Crippen LogP contribution in [0.4, 0.5) is 0 Å². The quantitative estimate of drug-likeness (QED) is 0.570. The highest BCUT2D eigenvalue weighted by Gasteiger charge is 2.28. The number of hydrogen-bond acceptors (Lipinski definition) is 6. The van der Waals surface area contributed by atoms with Crippen LogP contribution < -0.4 is 15.2 Å². The van der Waals surface area contributed by atoms with Gasteiger partial charge in [-0.3, -0.25) is 9.36 Å². The normalized spacial score (nSPS) is 14.6. The van der Waals surface area contributed by atoms with Gasteiger partial charge in [0.2, 0.25) is 0 Å². The average Bonchev–Trinajstić information content (AvgIpc) is 3.12. The molecule has 1 aliphatic rings. The van der Waals surface area contributed by atoms with Crippen molar-refractivity contribution in [3.63, 3.8) is 0 Å². The molecular weight excluding hydrogens is 400 g/mol. The Morgan fingerprint density at radius 1 is 1.10 bits per heavy atom. The van der Waals surface area contributed by atoms with E-state index in [0.717, 1.165) is 24.4 Å². The van der Waals surface area contributed by atoms with Gasteiger partial charge in [0.15, 0.2) is 6.61 Å². The van der Waals surface area contributed by atoms with Crippen molar-refractivity contribution in [2.24, 2.45) is 0 Å². The molecule has 0 aliphatic carbocycles. The molecule has 2 heterocycles. The SMILES string of the molecule is CCOc1ccc(OCC(=O)N2CCC(c3nn(CCOC)c(=O)n3CC)CC2)cc1. The molecule has 1 amide bonds. The zero-order valence-electron chi connectivity index (χ0n) is 18.6. The number of likely N-dealkylation sites (tertiary alicyclic amines) is 1. The van der Waals surface area contributed by atoms with E-state index in [1.165, 1.54) is 4.68 Å². The van der Waals surface area contributed by atoms with E-state index in [0.29, 0.717) is 45.1 Å². The van der Waals surface area contributed by atoms with E-state index in [-0.39, 0.29) is 24.1 Å². The summed E-state index contributed by atoms with van der Waals surface area (Å²) >= 11 is 0. The number of nitrogens with zero attached hydrogens (tertiary/aromatic N) is 4. The van der Waals surface area contributed by atoms with Crippen LogP contribution in [0.1, 0.15) is 38.4 Å². The number of methoxy groups -OCH3 is 1. The Balaban J connectivity index is 1.53. The minimum atomic E-state index is -0.100. The Morgan fingerprint density at radius 3 is 2.32 bits per heavy atom. The molecule has 0 atom stereocenters. The van der Waals surface area contributed by atoms with E-state index in [1.54, 1.807) is 23.8 Å². The van der Waals surface area contributed by atoms with Gasteiger partial charge in [0, 0.05) is 32.7 Å². The van der Waals surface area contributed by atoms with Gasteiger partial charge in [0.25, 0.3) is 5.91 Å². The summed E-state index contributed by atoms with van der Waals surface area (Å²) in [6, 6.07) is 7.25. The number of piperidine rings is 1. The maximum atomic E-state index is 12.6. The monoisotopic (exact) mass is 432 g/mol. The summed E-state index contributed by atoms with van der Waals surface area (Å²) < 4.78 is 19.3.